The van der Waals surface area contributed by atoms with Crippen LogP contribution in [0.2, 0.25) is 0 Å². The molecule has 0 spiro atoms. The van der Waals surface area contributed by atoms with E-state index < -0.39 is 0 Å². The van der Waals surface area contributed by atoms with Crippen molar-refractivity contribution in [1.82, 2.24) is 5.32 Å². The molecule has 2 rings (SSSR count). The number of benzene rings is 1. The average Bonchev–Trinajstić information content (AvgIpc) is 2.90. The van der Waals surface area contributed by atoms with Gasteiger partial charge >= 0.3 is 0 Å². The number of quaternary nitrogens is 1. The minimum atomic E-state index is 0.0865. The van der Waals surface area contributed by atoms with Crippen LogP contribution >= 0.6 is 11.8 Å². The topological polar surface area (TPSA) is 38.3 Å². The molecule has 122 valence electrons. The van der Waals surface area contributed by atoms with E-state index >= 15 is 0 Å². The summed E-state index contributed by atoms with van der Waals surface area (Å²) in [6, 6.07) is 8.33. The quantitative estimate of drug-likeness (QED) is 0.816. The zero-order valence-electron chi connectivity index (χ0n) is 14.0. The van der Waals surface area contributed by atoms with Crippen LogP contribution < -0.4 is 10.1 Å². The molecule has 1 aromatic rings. The van der Waals surface area contributed by atoms with Crippen molar-refractivity contribution in [3.05, 3.63) is 29.8 Å². The molecule has 1 saturated heterocycles. The number of thioether (sulfide) groups is 1. The molecule has 0 aromatic heterocycles. The summed E-state index contributed by atoms with van der Waals surface area (Å²) in [5.41, 5.74) is 1.31. The number of rotatable bonds is 6. The first-order chi connectivity index (χ1) is 10.5. The Bertz CT molecular complexity index is 506. The maximum absolute atomic E-state index is 12.1. The molecule has 1 unspecified atom stereocenters. The van der Waals surface area contributed by atoms with Crippen molar-refractivity contribution in [2.45, 2.75) is 30.4 Å². The summed E-state index contributed by atoms with van der Waals surface area (Å²) in [6.07, 6.45) is 0.963. The number of methoxy groups -OCH3 is 1. The van der Waals surface area contributed by atoms with Gasteiger partial charge in [-0.2, -0.15) is 0 Å². The van der Waals surface area contributed by atoms with Crippen molar-refractivity contribution in [3.8, 4) is 5.75 Å². The summed E-state index contributed by atoms with van der Waals surface area (Å²) in [6.45, 7) is 4.24. The molecule has 0 saturated carbocycles. The van der Waals surface area contributed by atoms with Gasteiger partial charge in [0.2, 0.25) is 0 Å². The number of nitrogens with one attached hydrogen (secondary N) is 1. The number of carbonyl (C=O) groups is 1. The number of carbonyl (C=O) groups excluding carboxylic acids is 1. The summed E-state index contributed by atoms with van der Waals surface area (Å²) in [7, 11) is 5.62. The highest BCUT2D eigenvalue weighted by Gasteiger charge is 2.46. The molecule has 1 heterocycles. The SMILES string of the molecule is CC[N+]1(C)C[C@@H](SCc2ccc(OC)cc2)C[C@H]1C(=O)NC. The van der Waals surface area contributed by atoms with Crippen molar-refractivity contribution < 1.29 is 14.0 Å². The van der Waals surface area contributed by atoms with Crippen LogP contribution in [0.1, 0.15) is 18.9 Å². The Morgan fingerprint density at radius 2 is 2.09 bits per heavy atom. The van der Waals surface area contributed by atoms with Crippen LogP contribution in [-0.2, 0) is 10.5 Å². The second-order valence-electron chi connectivity index (χ2n) is 6.13. The van der Waals surface area contributed by atoms with Crippen molar-refractivity contribution in [2.75, 3.05) is 34.3 Å². The number of nitrogens with zero attached hydrogens (tertiary/aromatic N) is 1. The number of likely N-dealkylation sites (N-methyl/N-ethyl adjacent to an activating group) is 2. The molecule has 0 radical (unpaired) electrons. The number of hydrogen-bond acceptors (Lipinski definition) is 3. The van der Waals surface area contributed by atoms with Gasteiger partial charge in [0.1, 0.15) is 5.75 Å². The smallest absolute Gasteiger partial charge is 0.278 e. The van der Waals surface area contributed by atoms with Crippen molar-refractivity contribution >= 4 is 17.7 Å². The van der Waals surface area contributed by atoms with E-state index in [0.29, 0.717) is 5.25 Å². The zero-order chi connectivity index (χ0) is 16.2. The molecule has 1 N–H and O–H groups in total. The van der Waals surface area contributed by atoms with Crippen LogP contribution in [0.4, 0.5) is 0 Å². The summed E-state index contributed by atoms with van der Waals surface area (Å²) in [5.74, 6) is 2.06. The third kappa shape index (κ3) is 3.76. The van der Waals surface area contributed by atoms with E-state index in [0.717, 1.165) is 35.5 Å². The van der Waals surface area contributed by atoms with Gasteiger partial charge in [-0.25, -0.2) is 0 Å². The van der Waals surface area contributed by atoms with Crippen LogP contribution in [0.25, 0.3) is 0 Å². The van der Waals surface area contributed by atoms with Gasteiger partial charge < -0.3 is 14.5 Å². The van der Waals surface area contributed by atoms with E-state index in [4.69, 9.17) is 4.74 Å². The molecule has 1 amide bonds. The predicted molar refractivity (Wildman–Crippen MR) is 92.1 cm³/mol. The first-order valence-corrected chi connectivity index (χ1v) is 8.87. The van der Waals surface area contributed by atoms with Crippen LogP contribution in [0, 0.1) is 0 Å². The molecule has 1 aliphatic rings. The normalized spacial score (nSPS) is 27.6. The van der Waals surface area contributed by atoms with Gasteiger partial charge in [-0.1, -0.05) is 12.1 Å². The molecule has 1 fully saturated rings. The van der Waals surface area contributed by atoms with Gasteiger partial charge in [0.25, 0.3) is 5.91 Å². The van der Waals surface area contributed by atoms with Crippen LogP contribution in [0.15, 0.2) is 24.3 Å². The highest BCUT2D eigenvalue weighted by atomic mass is 32.2. The highest BCUT2D eigenvalue weighted by molar-refractivity contribution is 7.99. The van der Waals surface area contributed by atoms with Gasteiger partial charge in [0, 0.05) is 19.2 Å². The van der Waals surface area contributed by atoms with Crippen molar-refractivity contribution in [2.24, 2.45) is 0 Å². The Balaban J connectivity index is 1.94. The fourth-order valence-electron chi connectivity index (χ4n) is 3.13. The van der Waals surface area contributed by atoms with E-state index in [2.05, 4.69) is 31.4 Å². The van der Waals surface area contributed by atoms with E-state index in [9.17, 15) is 4.79 Å². The van der Waals surface area contributed by atoms with Gasteiger partial charge in [-0.15, -0.1) is 11.8 Å². The maximum Gasteiger partial charge on any atom is 0.278 e. The highest BCUT2D eigenvalue weighted by Crippen LogP contribution is 2.34. The molecular formula is C17H27N2O2S+. The first-order valence-electron chi connectivity index (χ1n) is 7.82. The first kappa shape index (κ1) is 17.2. The van der Waals surface area contributed by atoms with Gasteiger partial charge in [0.05, 0.1) is 32.5 Å². The van der Waals surface area contributed by atoms with Gasteiger partial charge in [-0.05, 0) is 24.6 Å². The molecule has 22 heavy (non-hydrogen) atoms. The monoisotopic (exact) mass is 323 g/mol. The van der Waals surface area contributed by atoms with Crippen LogP contribution in [-0.4, -0.2) is 56.0 Å². The maximum atomic E-state index is 12.1. The third-order valence-corrected chi connectivity index (χ3v) is 6.09. The number of hydrogen-bond donors (Lipinski definition) is 1. The molecule has 1 aliphatic heterocycles. The number of likely N-dealkylation sites (tertiary alicyclic amines) is 1. The van der Waals surface area contributed by atoms with E-state index in [1.54, 1.807) is 14.2 Å². The molecular weight excluding hydrogens is 296 g/mol. The summed E-state index contributed by atoms with van der Waals surface area (Å²) < 4.78 is 6.04. The van der Waals surface area contributed by atoms with Crippen LogP contribution in [0.5, 0.6) is 5.75 Å². The Kier molecular flexibility index (Phi) is 5.75. The van der Waals surface area contributed by atoms with Gasteiger partial charge in [0.15, 0.2) is 6.04 Å². The average molecular weight is 323 g/mol. The molecule has 4 nitrogen and oxygen atoms in total. The third-order valence-electron chi connectivity index (χ3n) is 4.78. The lowest BCUT2D eigenvalue weighted by Gasteiger charge is -2.33. The Hall–Kier alpha value is -1.20. The zero-order valence-corrected chi connectivity index (χ0v) is 14.8. The minimum Gasteiger partial charge on any atom is -0.497 e. The second kappa shape index (κ2) is 7.38. The number of ether oxygens (including phenoxy) is 1. The fourth-order valence-corrected chi connectivity index (χ4v) is 4.52. The minimum absolute atomic E-state index is 0.0865. The Morgan fingerprint density at radius 3 is 2.64 bits per heavy atom. The Morgan fingerprint density at radius 1 is 1.41 bits per heavy atom. The largest absolute Gasteiger partial charge is 0.497 e. The molecule has 0 aliphatic carbocycles. The fraction of sp³-hybridized carbons (Fsp3) is 0.588. The standard InChI is InChI=1S/C17H26N2O2S/c1-5-19(3)11-15(10-16(19)17(20)18-2)22-12-13-6-8-14(21-4)9-7-13/h6-9,15-16H,5,10-12H2,1-4H3/p+1/t15-,16-,19?/m0/s1. The summed E-state index contributed by atoms with van der Waals surface area (Å²) >= 11 is 1.96. The summed E-state index contributed by atoms with van der Waals surface area (Å²) in [4.78, 5) is 12.1. The lowest BCUT2D eigenvalue weighted by atomic mass is 10.2. The molecule has 5 heteroatoms. The number of amides is 1. The van der Waals surface area contributed by atoms with Crippen LogP contribution in [0.3, 0.4) is 0 Å². The van der Waals surface area contributed by atoms with E-state index in [1.165, 1.54) is 5.56 Å². The summed E-state index contributed by atoms with van der Waals surface area (Å²) in [5, 5.41) is 3.36. The lowest BCUT2D eigenvalue weighted by Crippen LogP contribution is -2.54. The lowest BCUT2D eigenvalue weighted by molar-refractivity contribution is -0.910. The van der Waals surface area contributed by atoms with E-state index in [-0.39, 0.29) is 11.9 Å². The van der Waals surface area contributed by atoms with Gasteiger partial charge in [-0.3, -0.25) is 4.79 Å². The molecule has 1 aromatic carbocycles. The van der Waals surface area contributed by atoms with E-state index in [1.807, 2.05) is 23.9 Å². The second-order valence-corrected chi connectivity index (χ2v) is 7.41. The molecule has 3 atom stereocenters. The van der Waals surface area contributed by atoms with Crippen molar-refractivity contribution in [3.63, 3.8) is 0 Å². The Labute approximate surface area is 137 Å². The molecule has 0 bridgehead atoms. The van der Waals surface area contributed by atoms with Crippen molar-refractivity contribution in [1.29, 1.82) is 0 Å². The predicted octanol–water partition coefficient (Wildman–Crippen LogP) is 2.28.